The molecular weight excluding hydrogens is 320 g/mol. The molecule has 1 heterocycles. The van der Waals surface area contributed by atoms with Crippen molar-refractivity contribution in [3.8, 4) is 0 Å². The zero-order valence-electron chi connectivity index (χ0n) is 10.6. The molecular formula is C8H16O10S2. The summed E-state index contributed by atoms with van der Waals surface area (Å²) in [5, 5.41) is 28.9. The molecule has 10 nitrogen and oxygen atoms in total. The zero-order chi connectivity index (χ0) is 15.7. The average Bonchev–Trinajstić information content (AvgIpc) is 2.25. The van der Waals surface area contributed by atoms with Gasteiger partial charge in [-0.1, -0.05) is 0 Å². The van der Waals surface area contributed by atoms with Crippen LogP contribution in [0.15, 0.2) is 0 Å². The Morgan fingerprint density at radius 3 is 2.00 bits per heavy atom. The molecule has 1 aliphatic heterocycles. The van der Waals surface area contributed by atoms with Crippen LogP contribution in [-0.2, 0) is 33.3 Å². The van der Waals surface area contributed by atoms with Crippen molar-refractivity contribution in [3.05, 3.63) is 0 Å². The highest BCUT2D eigenvalue weighted by Crippen LogP contribution is 2.23. The first-order valence-corrected chi connectivity index (χ1v) is 8.96. The third-order valence-corrected chi connectivity index (χ3v) is 3.53. The summed E-state index contributed by atoms with van der Waals surface area (Å²) in [4.78, 5) is 0. The molecule has 0 unspecified atom stereocenters. The number of aliphatic hydroxyl groups excluding tert-OH is 3. The fourth-order valence-electron chi connectivity index (χ4n) is 1.55. The third-order valence-electron chi connectivity index (χ3n) is 2.39. The Morgan fingerprint density at radius 2 is 1.55 bits per heavy atom. The lowest BCUT2D eigenvalue weighted by Gasteiger charge is -2.39. The Bertz CT molecular complexity index is 523. The molecule has 5 atom stereocenters. The summed E-state index contributed by atoms with van der Waals surface area (Å²) in [5.74, 6) is 0. The lowest BCUT2D eigenvalue weighted by Crippen LogP contribution is -2.59. The molecule has 1 rings (SSSR count). The summed E-state index contributed by atoms with van der Waals surface area (Å²) in [6.07, 6.45) is -7.02. The molecule has 0 aromatic carbocycles. The highest BCUT2D eigenvalue weighted by atomic mass is 32.2. The Labute approximate surface area is 116 Å². The average molecular weight is 336 g/mol. The van der Waals surface area contributed by atoms with E-state index in [1.165, 1.54) is 0 Å². The van der Waals surface area contributed by atoms with Crippen molar-refractivity contribution in [2.24, 2.45) is 0 Å². The van der Waals surface area contributed by atoms with Gasteiger partial charge in [0.25, 0.3) is 20.2 Å². The lowest BCUT2D eigenvalue weighted by molar-refractivity contribution is -0.278. The lowest BCUT2D eigenvalue weighted by atomic mass is 9.99. The van der Waals surface area contributed by atoms with Gasteiger partial charge in [0.15, 0.2) is 12.4 Å². The van der Waals surface area contributed by atoms with Gasteiger partial charge in [0.05, 0.1) is 19.1 Å². The molecule has 0 saturated carbocycles. The van der Waals surface area contributed by atoms with Crippen LogP contribution in [0.25, 0.3) is 0 Å². The molecule has 0 radical (unpaired) electrons. The first-order chi connectivity index (χ1) is 8.91. The summed E-state index contributed by atoms with van der Waals surface area (Å²) in [6.45, 7) is -0.653. The number of hydrogen-bond acceptors (Lipinski definition) is 10. The standard InChI is InChI=1S/C8H16O10S2/c1-19(12,13)16-3-4-5(9)6(10)7(8(11)17-4)18-20(2,14)15/h4-11H,3H2,1-2H3/t4-,5-,6+,7-,8-/m1/s1. The topological polar surface area (TPSA) is 157 Å². The van der Waals surface area contributed by atoms with E-state index in [0.717, 1.165) is 6.26 Å². The van der Waals surface area contributed by atoms with Crippen molar-refractivity contribution in [3.63, 3.8) is 0 Å². The molecule has 12 heteroatoms. The second-order valence-electron chi connectivity index (χ2n) is 4.30. The van der Waals surface area contributed by atoms with Crippen molar-refractivity contribution in [2.45, 2.75) is 30.7 Å². The smallest absolute Gasteiger partial charge is 0.264 e. The van der Waals surface area contributed by atoms with E-state index in [0.29, 0.717) is 6.26 Å². The maximum absolute atomic E-state index is 11.0. The second-order valence-corrected chi connectivity index (χ2v) is 7.54. The zero-order valence-corrected chi connectivity index (χ0v) is 12.2. The van der Waals surface area contributed by atoms with Crippen LogP contribution in [0.1, 0.15) is 0 Å². The molecule has 3 N–H and O–H groups in total. The van der Waals surface area contributed by atoms with E-state index in [1.54, 1.807) is 0 Å². The van der Waals surface area contributed by atoms with Crippen molar-refractivity contribution < 1.29 is 45.3 Å². The summed E-state index contributed by atoms with van der Waals surface area (Å²) in [5.41, 5.74) is 0. The number of aliphatic hydroxyl groups is 3. The van der Waals surface area contributed by atoms with Crippen LogP contribution in [0.5, 0.6) is 0 Å². The van der Waals surface area contributed by atoms with Crippen molar-refractivity contribution in [1.82, 2.24) is 0 Å². The van der Waals surface area contributed by atoms with Gasteiger partial charge in [0, 0.05) is 0 Å². The Kier molecular flexibility index (Phi) is 5.48. The van der Waals surface area contributed by atoms with Crippen LogP contribution in [0.3, 0.4) is 0 Å². The molecule has 0 bridgehead atoms. The minimum atomic E-state index is -4.00. The van der Waals surface area contributed by atoms with E-state index in [2.05, 4.69) is 8.37 Å². The largest absolute Gasteiger partial charge is 0.387 e. The van der Waals surface area contributed by atoms with Gasteiger partial charge in [-0.3, -0.25) is 8.37 Å². The van der Waals surface area contributed by atoms with Gasteiger partial charge < -0.3 is 20.1 Å². The normalized spacial score (nSPS) is 36.0. The van der Waals surface area contributed by atoms with Crippen molar-refractivity contribution in [2.75, 3.05) is 19.1 Å². The molecule has 1 aliphatic rings. The van der Waals surface area contributed by atoms with Crippen LogP contribution >= 0.6 is 0 Å². The Morgan fingerprint density at radius 1 is 1.00 bits per heavy atom. The van der Waals surface area contributed by atoms with Gasteiger partial charge in [-0.15, -0.1) is 0 Å². The van der Waals surface area contributed by atoms with Crippen molar-refractivity contribution in [1.29, 1.82) is 0 Å². The molecule has 0 spiro atoms. The van der Waals surface area contributed by atoms with E-state index in [4.69, 9.17) is 4.74 Å². The summed E-state index contributed by atoms with van der Waals surface area (Å²) in [6, 6.07) is 0. The van der Waals surface area contributed by atoms with Crippen molar-refractivity contribution >= 4 is 20.2 Å². The predicted octanol–water partition coefficient (Wildman–Crippen LogP) is -3.25. The highest BCUT2D eigenvalue weighted by Gasteiger charge is 2.46. The van der Waals surface area contributed by atoms with Crippen LogP contribution < -0.4 is 0 Å². The van der Waals surface area contributed by atoms with E-state index in [1.807, 2.05) is 0 Å². The van der Waals surface area contributed by atoms with Crippen LogP contribution in [0.4, 0.5) is 0 Å². The number of hydrogen-bond donors (Lipinski definition) is 3. The summed E-state index contributed by atoms with van der Waals surface area (Å²) in [7, 11) is -7.81. The third kappa shape index (κ3) is 5.21. The minimum Gasteiger partial charge on any atom is -0.387 e. The van der Waals surface area contributed by atoms with Gasteiger partial charge >= 0.3 is 0 Å². The first kappa shape index (κ1) is 17.7. The molecule has 0 amide bonds. The monoisotopic (exact) mass is 336 g/mol. The summed E-state index contributed by atoms with van der Waals surface area (Å²) < 4.78 is 57.1. The van der Waals surface area contributed by atoms with E-state index in [9.17, 15) is 32.2 Å². The Hall–Kier alpha value is -0.340. The van der Waals surface area contributed by atoms with Gasteiger partial charge in [-0.2, -0.15) is 16.8 Å². The fraction of sp³-hybridized carbons (Fsp3) is 1.00. The number of rotatable bonds is 5. The van der Waals surface area contributed by atoms with Gasteiger partial charge in [-0.05, 0) is 0 Å². The predicted molar refractivity (Wildman–Crippen MR) is 63.4 cm³/mol. The maximum Gasteiger partial charge on any atom is 0.264 e. The number of ether oxygens (including phenoxy) is 1. The molecule has 0 aliphatic carbocycles. The van der Waals surface area contributed by atoms with E-state index < -0.39 is 57.5 Å². The summed E-state index contributed by atoms with van der Waals surface area (Å²) >= 11 is 0. The highest BCUT2D eigenvalue weighted by molar-refractivity contribution is 7.86. The van der Waals surface area contributed by atoms with Gasteiger partial charge in [-0.25, -0.2) is 0 Å². The van der Waals surface area contributed by atoms with Gasteiger partial charge in [0.1, 0.15) is 18.3 Å². The van der Waals surface area contributed by atoms with E-state index in [-0.39, 0.29) is 0 Å². The van der Waals surface area contributed by atoms with Crippen LogP contribution in [-0.4, -0.2) is 82.0 Å². The van der Waals surface area contributed by atoms with E-state index >= 15 is 0 Å². The molecule has 0 aromatic rings. The SMILES string of the molecule is CS(=O)(=O)OC[C@H]1O[C@@H](O)[C@H](OS(C)(=O)=O)[C@@H](O)[C@@H]1O. The molecule has 20 heavy (non-hydrogen) atoms. The molecule has 1 fully saturated rings. The van der Waals surface area contributed by atoms with Crippen LogP contribution in [0, 0.1) is 0 Å². The second kappa shape index (κ2) is 6.19. The van der Waals surface area contributed by atoms with Gasteiger partial charge in [0.2, 0.25) is 0 Å². The molecule has 120 valence electrons. The first-order valence-electron chi connectivity index (χ1n) is 5.33. The quantitative estimate of drug-likeness (QED) is 0.435. The Balaban J connectivity index is 2.76. The maximum atomic E-state index is 11.0. The minimum absolute atomic E-state index is 0.653. The van der Waals surface area contributed by atoms with Crippen LogP contribution in [0.2, 0.25) is 0 Å². The molecule has 0 aromatic heterocycles. The molecule has 1 saturated heterocycles. The fourth-order valence-corrected chi connectivity index (χ4v) is 2.55.